The van der Waals surface area contributed by atoms with Crippen LogP contribution in [0.1, 0.15) is 11.1 Å². The molecular formula is C19H12Cl3NO2S. The van der Waals surface area contributed by atoms with Crippen molar-refractivity contribution < 1.29 is 9.59 Å². The number of nitrogens with zero attached hydrogens (tertiary/aromatic N) is 1. The molecule has 2 aromatic carbocycles. The van der Waals surface area contributed by atoms with Crippen molar-refractivity contribution in [3.8, 4) is 0 Å². The molecule has 1 aliphatic rings. The average molecular weight is 425 g/mol. The van der Waals surface area contributed by atoms with Gasteiger partial charge in [0.25, 0.3) is 11.1 Å². The second kappa shape index (κ2) is 8.31. The Kier molecular flexibility index (Phi) is 6.09. The second-order valence-electron chi connectivity index (χ2n) is 5.37. The van der Waals surface area contributed by atoms with Gasteiger partial charge in [0, 0.05) is 20.6 Å². The number of amides is 2. The first-order valence-electron chi connectivity index (χ1n) is 7.57. The molecule has 1 heterocycles. The largest absolute Gasteiger partial charge is 0.293 e. The highest BCUT2D eigenvalue weighted by molar-refractivity contribution is 8.18. The first-order valence-corrected chi connectivity index (χ1v) is 9.52. The molecule has 26 heavy (non-hydrogen) atoms. The number of rotatable bonds is 4. The van der Waals surface area contributed by atoms with Crippen molar-refractivity contribution in [3.63, 3.8) is 0 Å². The Morgan fingerprint density at radius 2 is 1.58 bits per heavy atom. The molecule has 1 aliphatic heterocycles. The van der Waals surface area contributed by atoms with E-state index in [9.17, 15) is 9.59 Å². The van der Waals surface area contributed by atoms with Gasteiger partial charge >= 0.3 is 0 Å². The van der Waals surface area contributed by atoms with Gasteiger partial charge in [0.1, 0.15) is 0 Å². The fourth-order valence-electron chi connectivity index (χ4n) is 2.34. The number of halogens is 3. The number of benzene rings is 2. The fourth-order valence-corrected chi connectivity index (χ4v) is 3.85. The molecule has 0 aliphatic carbocycles. The van der Waals surface area contributed by atoms with E-state index in [0.29, 0.717) is 25.5 Å². The predicted octanol–water partition coefficient (Wildman–Crippen LogP) is 6.44. The minimum atomic E-state index is -0.375. The minimum Gasteiger partial charge on any atom is -0.268 e. The predicted molar refractivity (Wildman–Crippen MR) is 109 cm³/mol. The van der Waals surface area contributed by atoms with Crippen LogP contribution in [0.5, 0.6) is 0 Å². The number of allylic oxidation sites excluding steroid dienone is 2. The summed E-state index contributed by atoms with van der Waals surface area (Å²) in [6.45, 7) is 0.0364. The molecule has 2 aromatic rings. The summed E-state index contributed by atoms with van der Waals surface area (Å²) >= 11 is 19.2. The SMILES string of the molecule is O=C1S/C(=C\C=C\c2ccccc2Cl)C(=O)N1Cc1c(Cl)cccc1Cl. The van der Waals surface area contributed by atoms with E-state index in [1.165, 1.54) is 0 Å². The third kappa shape index (κ3) is 4.15. The highest BCUT2D eigenvalue weighted by Crippen LogP contribution is 2.34. The minimum absolute atomic E-state index is 0.0364. The molecule has 0 atom stereocenters. The highest BCUT2D eigenvalue weighted by atomic mass is 35.5. The van der Waals surface area contributed by atoms with Crippen LogP contribution in [0.4, 0.5) is 4.79 Å². The Hall–Kier alpha value is -1.72. The van der Waals surface area contributed by atoms with E-state index in [1.807, 2.05) is 18.2 Å². The van der Waals surface area contributed by atoms with Crippen molar-refractivity contribution in [1.82, 2.24) is 4.90 Å². The van der Waals surface area contributed by atoms with Gasteiger partial charge in [-0.25, -0.2) is 0 Å². The third-order valence-corrected chi connectivity index (χ3v) is 5.66. The van der Waals surface area contributed by atoms with Crippen LogP contribution < -0.4 is 0 Å². The van der Waals surface area contributed by atoms with Crippen molar-refractivity contribution in [2.75, 3.05) is 0 Å². The normalized spacial score (nSPS) is 16.3. The van der Waals surface area contributed by atoms with Gasteiger partial charge in [0.15, 0.2) is 0 Å². The van der Waals surface area contributed by atoms with Crippen molar-refractivity contribution in [3.05, 3.63) is 85.7 Å². The Labute approximate surface area is 170 Å². The van der Waals surface area contributed by atoms with Gasteiger partial charge in [-0.15, -0.1) is 0 Å². The number of hydrogen-bond acceptors (Lipinski definition) is 3. The van der Waals surface area contributed by atoms with Gasteiger partial charge in [0.2, 0.25) is 0 Å². The van der Waals surface area contributed by atoms with E-state index in [1.54, 1.807) is 42.5 Å². The quantitative estimate of drug-likeness (QED) is 0.530. The van der Waals surface area contributed by atoms with Gasteiger partial charge in [-0.1, -0.05) is 71.2 Å². The maximum absolute atomic E-state index is 12.5. The lowest BCUT2D eigenvalue weighted by Crippen LogP contribution is -2.27. The number of carbonyl (C=O) groups excluding carboxylic acids is 2. The van der Waals surface area contributed by atoms with Crippen LogP contribution >= 0.6 is 46.6 Å². The summed E-state index contributed by atoms with van der Waals surface area (Å²) < 4.78 is 0. The number of imide groups is 1. The van der Waals surface area contributed by atoms with E-state index < -0.39 is 0 Å². The lowest BCUT2D eigenvalue weighted by molar-refractivity contribution is -0.123. The number of carbonyl (C=O) groups is 2. The molecule has 3 rings (SSSR count). The van der Waals surface area contributed by atoms with Gasteiger partial charge in [-0.3, -0.25) is 14.5 Å². The van der Waals surface area contributed by atoms with E-state index >= 15 is 0 Å². The monoisotopic (exact) mass is 423 g/mol. The first kappa shape index (κ1) is 19.1. The van der Waals surface area contributed by atoms with Crippen LogP contribution in [-0.2, 0) is 11.3 Å². The molecule has 0 aromatic heterocycles. The Morgan fingerprint density at radius 3 is 2.27 bits per heavy atom. The van der Waals surface area contributed by atoms with Gasteiger partial charge in [0.05, 0.1) is 11.4 Å². The van der Waals surface area contributed by atoms with Crippen molar-refractivity contribution in [2.24, 2.45) is 0 Å². The van der Waals surface area contributed by atoms with E-state index in [-0.39, 0.29) is 17.7 Å². The van der Waals surface area contributed by atoms with E-state index in [2.05, 4.69) is 0 Å². The standard InChI is InChI=1S/C19H12Cl3NO2S/c20-14-7-2-1-5-12(14)6-3-10-17-18(24)23(19(25)26-17)11-13-15(21)8-4-9-16(13)22/h1-10H,11H2/b6-3+,17-10-. The first-order chi connectivity index (χ1) is 12.5. The third-order valence-electron chi connectivity index (χ3n) is 3.68. The van der Waals surface area contributed by atoms with Crippen LogP contribution in [0.3, 0.4) is 0 Å². The number of thioether (sulfide) groups is 1. The Morgan fingerprint density at radius 1 is 0.923 bits per heavy atom. The molecule has 0 unspecified atom stereocenters. The lowest BCUT2D eigenvalue weighted by Gasteiger charge is -2.14. The Balaban J connectivity index is 1.77. The van der Waals surface area contributed by atoms with Gasteiger partial charge < -0.3 is 0 Å². The highest BCUT2D eigenvalue weighted by Gasteiger charge is 2.35. The molecule has 2 amide bonds. The van der Waals surface area contributed by atoms with Crippen LogP contribution in [0.25, 0.3) is 6.08 Å². The summed E-state index contributed by atoms with van der Waals surface area (Å²) in [7, 11) is 0. The van der Waals surface area contributed by atoms with Crippen LogP contribution in [0.15, 0.2) is 59.5 Å². The summed E-state index contributed by atoms with van der Waals surface area (Å²) in [5.74, 6) is -0.375. The summed E-state index contributed by atoms with van der Waals surface area (Å²) in [6.07, 6.45) is 5.07. The molecule has 0 saturated carbocycles. The number of hydrogen-bond donors (Lipinski definition) is 0. The molecule has 0 radical (unpaired) electrons. The molecule has 0 bridgehead atoms. The van der Waals surface area contributed by atoms with Crippen molar-refractivity contribution in [1.29, 1.82) is 0 Å². The zero-order chi connectivity index (χ0) is 18.7. The van der Waals surface area contributed by atoms with Crippen LogP contribution in [0, 0.1) is 0 Å². The average Bonchev–Trinajstić information content (AvgIpc) is 2.87. The maximum Gasteiger partial charge on any atom is 0.293 e. The smallest absolute Gasteiger partial charge is 0.268 e. The zero-order valence-electron chi connectivity index (χ0n) is 13.3. The van der Waals surface area contributed by atoms with E-state index in [0.717, 1.165) is 22.2 Å². The summed E-state index contributed by atoms with van der Waals surface area (Å²) in [5, 5.41) is 1.08. The van der Waals surface area contributed by atoms with Crippen molar-refractivity contribution >= 4 is 63.8 Å². The maximum atomic E-state index is 12.5. The van der Waals surface area contributed by atoms with Crippen molar-refractivity contribution in [2.45, 2.75) is 6.54 Å². The van der Waals surface area contributed by atoms with E-state index in [4.69, 9.17) is 34.8 Å². The van der Waals surface area contributed by atoms with Crippen LogP contribution in [0.2, 0.25) is 15.1 Å². The fraction of sp³-hybridized carbons (Fsp3) is 0.0526. The lowest BCUT2D eigenvalue weighted by atomic mass is 10.2. The summed E-state index contributed by atoms with van der Waals surface area (Å²) in [5.41, 5.74) is 1.37. The molecule has 1 fully saturated rings. The van der Waals surface area contributed by atoms with Gasteiger partial charge in [-0.2, -0.15) is 0 Å². The Bertz CT molecular complexity index is 920. The van der Waals surface area contributed by atoms with Crippen LogP contribution in [-0.4, -0.2) is 16.0 Å². The summed E-state index contributed by atoms with van der Waals surface area (Å²) in [6, 6.07) is 12.4. The molecule has 1 saturated heterocycles. The topological polar surface area (TPSA) is 37.4 Å². The van der Waals surface area contributed by atoms with Gasteiger partial charge in [-0.05, 0) is 41.6 Å². The molecular weight excluding hydrogens is 413 g/mol. The molecule has 0 spiro atoms. The second-order valence-corrected chi connectivity index (χ2v) is 7.59. The molecule has 132 valence electrons. The zero-order valence-corrected chi connectivity index (χ0v) is 16.4. The summed E-state index contributed by atoms with van der Waals surface area (Å²) in [4.78, 5) is 26.2. The molecule has 0 N–H and O–H groups in total. The molecule has 3 nitrogen and oxygen atoms in total. The molecule has 7 heteroatoms.